The fraction of sp³-hybridized carbons (Fsp3) is 0.107. The fourth-order valence-corrected chi connectivity index (χ4v) is 5.38. The monoisotopic (exact) mass is 540 g/mol. The van der Waals surface area contributed by atoms with Gasteiger partial charge < -0.3 is 9.30 Å². The van der Waals surface area contributed by atoms with E-state index >= 15 is 0 Å². The van der Waals surface area contributed by atoms with Crippen LogP contribution in [0.2, 0.25) is 5.02 Å². The number of pyridine rings is 1. The predicted octanol–water partition coefficient (Wildman–Crippen LogP) is 5.83. The molecule has 0 atom stereocenters. The van der Waals surface area contributed by atoms with E-state index in [-0.39, 0.29) is 11.4 Å². The van der Waals surface area contributed by atoms with E-state index in [4.69, 9.17) is 21.7 Å². The molecule has 38 heavy (non-hydrogen) atoms. The minimum Gasteiger partial charge on any atom is -0.492 e. The third-order valence-electron chi connectivity index (χ3n) is 6.12. The van der Waals surface area contributed by atoms with Crippen molar-refractivity contribution in [3.63, 3.8) is 0 Å². The Bertz CT molecular complexity index is 1660. The minimum absolute atomic E-state index is 0.00337. The van der Waals surface area contributed by atoms with Crippen molar-refractivity contribution < 1.29 is 9.53 Å². The lowest BCUT2D eigenvalue weighted by molar-refractivity contribution is -0.114. The molecule has 2 aliphatic rings. The number of amidine groups is 2. The average Bonchev–Trinajstić information content (AvgIpc) is 3.52. The molecule has 0 fully saturated rings. The number of thioether (sulfide) groups is 1. The smallest absolute Gasteiger partial charge is 0.283 e. The van der Waals surface area contributed by atoms with Crippen molar-refractivity contribution in [3.8, 4) is 5.75 Å². The Morgan fingerprint density at radius 1 is 1.08 bits per heavy atom. The van der Waals surface area contributed by atoms with Gasteiger partial charge in [0, 0.05) is 47.2 Å². The van der Waals surface area contributed by atoms with Gasteiger partial charge in [-0.1, -0.05) is 41.9 Å². The molecule has 8 nitrogen and oxygen atoms in total. The summed E-state index contributed by atoms with van der Waals surface area (Å²) in [6.45, 7) is 1.22. The number of nitrogens with zero attached hydrogens (tertiary/aromatic N) is 5. The van der Waals surface area contributed by atoms with Gasteiger partial charge in [-0.2, -0.15) is 15.1 Å². The molecule has 0 bridgehead atoms. The van der Waals surface area contributed by atoms with Gasteiger partial charge in [-0.05, 0) is 54.6 Å². The number of amides is 1. The van der Waals surface area contributed by atoms with Crippen LogP contribution in [0.1, 0.15) is 17.5 Å². The topological polar surface area (TPSA) is 95.9 Å². The van der Waals surface area contributed by atoms with E-state index in [1.54, 1.807) is 24.5 Å². The van der Waals surface area contributed by atoms with Crippen LogP contribution >= 0.6 is 23.4 Å². The highest BCUT2D eigenvalue weighted by Crippen LogP contribution is 2.32. The van der Waals surface area contributed by atoms with Crippen LogP contribution in [0.15, 0.2) is 94.9 Å². The number of aryl methyl sites for hydroxylation is 1. The zero-order valence-electron chi connectivity index (χ0n) is 20.0. The number of hydrazone groups is 1. The van der Waals surface area contributed by atoms with Crippen LogP contribution in [0.5, 0.6) is 5.75 Å². The largest absolute Gasteiger partial charge is 0.492 e. The second-order valence-corrected chi connectivity index (χ2v) is 9.96. The van der Waals surface area contributed by atoms with Crippen molar-refractivity contribution in [1.82, 2.24) is 14.6 Å². The molecule has 1 amide bonds. The number of hydrogen-bond acceptors (Lipinski definition) is 6. The molecule has 6 rings (SSSR count). The van der Waals surface area contributed by atoms with Gasteiger partial charge >= 0.3 is 0 Å². The van der Waals surface area contributed by atoms with Crippen molar-refractivity contribution in [2.75, 3.05) is 6.61 Å². The molecule has 0 aliphatic carbocycles. The lowest BCUT2D eigenvalue weighted by atomic mass is 10.1. The Hall–Kier alpha value is -4.21. The molecule has 188 valence electrons. The maximum Gasteiger partial charge on any atom is 0.283 e. The Morgan fingerprint density at radius 2 is 1.92 bits per heavy atom. The Balaban J connectivity index is 1.24. The number of rotatable bonds is 7. The number of benzene rings is 2. The summed E-state index contributed by atoms with van der Waals surface area (Å²) in [5, 5.41) is 17.3. The van der Waals surface area contributed by atoms with E-state index in [0.717, 1.165) is 28.5 Å². The minimum atomic E-state index is -0.457. The highest BCUT2D eigenvalue weighted by Gasteiger charge is 2.36. The molecule has 4 aromatic rings. The van der Waals surface area contributed by atoms with E-state index in [1.165, 1.54) is 16.8 Å². The molecule has 2 aromatic carbocycles. The van der Waals surface area contributed by atoms with Crippen LogP contribution in [0.25, 0.3) is 17.0 Å². The Kier molecular flexibility index (Phi) is 6.53. The highest BCUT2D eigenvalue weighted by molar-refractivity contribution is 8.27. The maximum atomic E-state index is 13.0. The van der Waals surface area contributed by atoms with E-state index < -0.39 is 5.91 Å². The van der Waals surface area contributed by atoms with Crippen LogP contribution in [0, 0.1) is 5.41 Å². The van der Waals surface area contributed by atoms with Crippen LogP contribution in [-0.2, 0) is 11.3 Å². The molecule has 2 aromatic heterocycles. The second kappa shape index (κ2) is 10.3. The van der Waals surface area contributed by atoms with Crippen LogP contribution < -0.4 is 4.74 Å². The molecular weight excluding hydrogens is 520 g/mol. The lowest BCUT2D eigenvalue weighted by Crippen LogP contribution is -2.35. The fourth-order valence-electron chi connectivity index (χ4n) is 4.31. The molecular formula is C28H21ClN6O2S. The van der Waals surface area contributed by atoms with Gasteiger partial charge in [0.25, 0.3) is 5.91 Å². The first-order valence-corrected chi connectivity index (χ1v) is 13.1. The first-order chi connectivity index (χ1) is 18.6. The van der Waals surface area contributed by atoms with Crippen molar-refractivity contribution in [2.45, 2.75) is 13.0 Å². The number of aromatic nitrogens is 2. The summed E-state index contributed by atoms with van der Waals surface area (Å²) in [5.74, 6) is 0.207. The number of fused-ring (bicyclic) bond motifs is 2. The van der Waals surface area contributed by atoms with Gasteiger partial charge in [0.2, 0.25) is 5.17 Å². The quantitative estimate of drug-likeness (QED) is 0.235. The number of hydrogen-bond donors (Lipinski definition) is 1. The molecule has 0 radical (unpaired) electrons. The highest BCUT2D eigenvalue weighted by atomic mass is 35.5. The summed E-state index contributed by atoms with van der Waals surface area (Å²) in [4.78, 5) is 21.3. The number of aliphatic imine (C=N–C) groups is 1. The van der Waals surface area contributed by atoms with Crippen LogP contribution in [0.4, 0.5) is 0 Å². The van der Waals surface area contributed by atoms with Crippen molar-refractivity contribution in [2.24, 2.45) is 10.1 Å². The summed E-state index contributed by atoms with van der Waals surface area (Å²) in [6, 6.07) is 19.1. The number of nitrogens with one attached hydrogen (secondary N) is 1. The molecule has 4 heterocycles. The molecule has 0 unspecified atom stereocenters. The van der Waals surface area contributed by atoms with Crippen LogP contribution in [0.3, 0.4) is 0 Å². The molecule has 2 aliphatic heterocycles. The number of carbonyl (C=O) groups excluding carboxylic acids is 1. The first-order valence-electron chi connectivity index (χ1n) is 11.9. The van der Waals surface area contributed by atoms with Crippen molar-refractivity contribution in [3.05, 3.63) is 101 Å². The van der Waals surface area contributed by atoms with Crippen molar-refractivity contribution >= 4 is 62.3 Å². The van der Waals surface area contributed by atoms with E-state index in [9.17, 15) is 4.79 Å². The van der Waals surface area contributed by atoms with Gasteiger partial charge in [-0.25, -0.2) is 0 Å². The van der Waals surface area contributed by atoms with Gasteiger partial charge in [0.15, 0.2) is 5.84 Å². The third-order valence-corrected chi connectivity index (χ3v) is 7.39. The summed E-state index contributed by atoms with van der Waals surface area (Å²) in [5.41, 5.74) is 2.87. The van der Waals surface area contributed by atoms with Gasteiger partial charge in [0.1, 0.15) is 10.8 Å². The number of para-hydroxylation sites is 2. The zero-order valence-corrected chi connectivity index (χ0v) is 21.6. The van der Waals surface area contributed by atoms with E-state index in [0.29, 0.717) is 34.1 Å². The molecule has 1 N–H and O–H groups in total. The maximum absolute atomic E-state index is 13.0. The van der Waals surface area contributed by atoms with Gasteiger partial charge in [-0.3, -0.25) is 15.2 Å². The third kappa shape index (κ3) is 4.62. The first kappa shape index (κ1) is 24.1. The molecule has 0 spiro atoms. The number of ether oxygens (including phenoxy) is 1. The molecule has 10 heteroatoms. The van der Waals surface area contributed by atoms with E-state index in [1.807, 2.05) is 60.8 Å². The lowest BCUT2D eigenvalue weighted by Gasteiger charge is -2.20. The number of carbonyl (C=O) groups is 1. The zero-order chi connectivity index (χ0) is 26.1. The summed E-state index contributed by atoms with van der Waals surface area (Å²) in [6.07, 6.45) is 7.87. The second-order valence-electron chi connectivity index (χ2n) is 8.59. The predicted molar refractivity (Wildman–Crippen MR) is 152 cm³/mol. The van der Waals surface area contributed by atoms with Gasteiger partial charge in [0.05, 0.1) is 17.2 Å². The van der Waals surface area contributed by atoms with Gasteiger partial charge in [-0.15, -0.1) is 0 Å². The Labute approximate surface area is 227 Å². The average molecular weight is 541 g/mol. The van der Waals surface area contributed by atoms with Crippen molar-refractivity contribution in [1.29, 1.82) is 5.41 Å². The SMILES string of the molecule is N=C1/C(=C\c2cn(CCCOc3ccccc3Cl)c3ccccc23)C(=O)N=C2SC(c3cccnc3)=NN12. The normalized spacial score (nSPS) is 16.1. The molecule has 0 saturated carbocycles. The number of halogens is 1. The van der Waals surface area contributed by atoms with E-state index in [2.05, 4.69) is 19.6 Å². The van der Waals surface area contributed by atoms with Crippen LogP contribution in [-0.4, -0.2) is 43.1 Å². The molecule has 0 saturated heterocycles. The summed E-state index contributed by atoms with van der Waals surface area (Å²) >= 11 is 7.44. The standard InChI is InChI=1S/C28H21ClN6O2S/c29-22-9-2-4-11-24(22)37-14-6-13-34-17-19(20-8-1-3-10-23(20)34)15-21-25(30)35-28(32-26(21)36)38-27(33-35)18-7-5-12-31-16-18/h1-5,7-12,15-17,30H,6,13-14H2/b21-15+,30-25?. The Morgan fingerprint density at radius 3 is 2.76 bits per heavy atom. The summed E-state index contributed by atoms with van der Waals surface area (Å²) < 4.78 is 7.97. The summed E-state index contributed by atoms with van der Waals surface area (Å²) in [7, 11) is 0.